The maximum atomic E-state index is 12.2. The molecule has 1 heterocycles. The number of nitro groups is 1. The van der Waals surface area contributed by atoms with E-state index in [2.05, 4.69) is 15.8 Å². The molecule has 0 aliphatic heterocycles. The molecule has 128 valence electrons. The number of hydrogen-bond acceptors (Lipinski definition) is 7. The number of aryl methyl sites for hydroxylation is 1. The lowest BCUT2D eigenvalue weighted by Gasteiger charge is -2.12. The molecule has 0 bridgehead atoms. The molecule has 2 N–H and O–H groups in total. The van der Waals surface area contributed by atoms with Gasteiger partial charge in [-0.1, -0.05) is 6.07 Å². The van der Waals surface area contributed by atoms with Crippen LogP contribution >= 0.6 is 0 Å². The molecule has 0 fully saturated rings. The number of rotatable bonds is 6. The standard InChI is InChI=1S/C16H15N5O4/c1-10-6-12(9-25-2)14(8-17)15(18-10)19-20-16(22)11-4-3-5-13(7-11)21(23)24/h3-7H,9H2,1-2H3,(H,18,19)(H,20,22). The number of hydrazine groups is 1. The maximum Gasteiger partial charge on any atom is 0.270 e. The molecule has 0 atom stereocenters. The first kappa shape index (κ1) is 17.8. The zero-order valence-electron chi connectivity index (χ0n) is 13.6. The largest absolute Gasteiger partial charge is 0.380 e. The highest BCUT2D eigenvalue weighted by molar-refractivity contribution is 5.95. The van der Waals surface area contributed by atoms with Gasteiger partial charge < -0.3 is 4.74 Å². The minimum Gasteiger partial charge on any atom is -0.380 e. The van der Waals surface area contributed by atoms with Gasteiger partial charge in [0.05, 0.1) is 11.5 Å². The predicted octanol–water partition coefficient (Wildman–Crippen LogP) is 2.07. The van der Waals surface area contributed by atoms with E-state index in [-0.39, 0.29) is 29.2 Å². The number of nitro benzene ring substituents is 1. The van der Waals surface area contributed by atoms with E-state index in [1.807, 2.05) is 6.07 Å². The van der Waals surface area contributed by atoms with Crippen LogP contribution in [0.1, 0.15) is 27.2 Å². The summed E-state index contributed by atoms with van der Waals surface area (Å²) in [5.41, 5.74) is 6.40. The van der Waals surface area contributed by atoms with Gasteiger partial charge in [0.25, 0.3) is 11.6 Å². The van der Waals surface area contributed by atoms with Crippen LogP contribution in [0, 0.1) is 28.4 Å². The second-order valence-corrected chi connectivity index (χ2v) is 5.08. The van der Waals surface area contributed by atoms with Crippen molar-refractivity contribution in [2.45, 2.75) is 13.5 Å². The molecule has 9 nitrogen and oxygen atoms in total. The molecule has 0 unspecified atom stereocenters. The first-order valence-electron chi connectivity index (χ1n) is 7.16. The van der Waals surface area contributed by atoms with Crippen LogP contribution < -0.4 is 10.9 Å². The van der Waals surface area contributed by atoms with E-state index < -0.39 is 10.8 Å². The maximum absolute atomic E-state index is 12.2. The topological polar surface area (TPSA) is 130 Å². The zero-order valence-corrected chi connectivity index (χ0v) is 13.6. The second kappa shape index (κ2) is 7.85. The van der Waals surface area contributed by atoms with Crippen molar-refractivity contribution in [1.29, 1.82) is 5.26 Å². The van der Waals surface area contributed by atoms with E-state index >= 15 is 0 Å². The fourth-order valence-electron chi connectivity index (χ4n) is 2.17. The number of hydrogen-bond donors (Lipinski definition) is 2. The Balaban J connectivity index is 2.21. The summed E-state index contributed by atoms with van der Waals surface area (Å²) in [4.78, 5) is 26.5. The van der Waals surface area contributed by atoms with Gasteiger partial charge in [0.15, 0.2) is 5.82 Å². The summed E-state index contributed by atoms with van der Waals surface area (Å²) in [6, 6.07) is 9.03. The van der Waals surface area contributed by atoms with Crippen LogP contribution in [-0.2, 0) is 11.3 Å². The minimum atomic E-state index is -0.593. The van der Waals surface area contributed by atoms with Gasteiger partial charge in [0.2, 0.25) is 0 Å². The molecular formula is C16H15N5O4. The number of methoxy groups -OCH3 is 1. The summed E-state index contributed by atoms with van der Waals surface area (Å²) in [6.07, 6.45) is 0. The number of anilines is 1. The normalized spacial score (nSPS) is 9.96. The summed E-state index contributed by atoms with van der Waals surface area (Å²) in [5, 5.41) is 20.1. The Morgan fingerprint density at radius 1 is 1.44 bits per heavy atom. The van der Waals surface area contributed by atoms with E-state index in [0.717, 1.165) is 6.07 Å². The van der Waals surface area contributed by atoms with Crippen molar-refractivity contribution in [3.05, 3.63) is 62.8 Å². The molecule has 1 amide bonds. The molecule has 0 spiro atoms. The highest BCUT2D eigenvalue weighted by Crippen LogP contribution is 2.19. The lowest BCUT2D eigenvalue weighted by atomic mass is 10.1. The van der Waals surface area contributed by atoms with Gasteiger partial charge in [-0.25, -0.2) is 4.98 Å². The van der Waals surface area contributed by atoms with Crippen molar-refractivity contribution in [3.63, 3.8) is 0 Å². The van der Waals surface area contributed by atoms with E-state index in [1.165, 1.54) is 25.3 Å². The summed E-state index contributed by atoms with van der Waals surface area (Å²) in [6.45, 7) is 1.97. The zero-order chi connectivity index (χ0) is 18.4. The summed E-state index contributed by atoms with van der Waals surface area (Å²) in [7, 11) is 1.51. The number of carbonyl (C=O) groups excluding carboxylic acids is 1. The van der Waals surface area contributed by atoms with Crippen molar-refractivity contribution in [1.82, 2.24) is 10.4 Å². The lowest BCUT2D eigenvalue weighted by molar-refractivity contribution is -0.384. The molecule has 0 aliphatic rings. The molecule has 25 heavy (non-hydrogen) atoms. The predicted molar refractivity (Wildman–Crippen MR) is 88.6 cm³/mol. The third-order valence-electron chi connectivity index (χ3n) is 3.25. The molecule has 0 saturated heterocycles. The van der Waals surface area contributed by atoms with Crippen LogP contribution in [0.15, 0.2) is 30.3 Å². The molecule has 9 heteroatoms. The van der Waals surface area contributed by atoms with E-state index in [0.29, 0.717) is 11.3 Å². The van der Waals surface area contributed by atoms with Crippen LogP contribution in [0.25, 0.3) is 0 Å². The highest BCUT2D eigenvalue weighted by atomic mass is 16.6. The van der Waals surface area contributed by atoms with Crippen molar-refractivity contribution >= 4 is 17.4 Å². The minimum absolute atomic E-state index is 0.102. The molecule has 1 aromatic carbocycles. The van der Waals surface area contributed by atoms with Crippen LogP contribution in [0.5, 0.6) is 0 Å². The quantitative estimate of drug-likeness (QED) is 0.607. The number of nitrogens with zero attached hydrogens (tertiary/aromatic N) is 3. The molecule has 0 aliphatic carbocycles. The summed E-state index contributed by atoms with van der Waals surface area (Å²) >= 11 is 0. The van der Waals surface area contributed by atoms with Gasteiger partial charge >= 0.3 is 0 Å². The van der Waals surface area contributed by atoms with Crippen LogP contribution in [0.3, 0.4) is 0 Å². The molecule has 2 rings (SSSR count). The molecule has 0 radical (unpaired) electrons. The van der Waals surface area contributed by atoms with Crippen LogP contribution in [0.2, 0.25) is 0 Å². The molecule has 0 saturated carbocycles. The average molecular weight is 341 g/mol. The highest BCUT2D eigenvalue weighted by Gasteiger charge is 2.14. The Morgan fingerprint density at radius 3 is 2.84 bits per heavy atom. The smallest absolute Gasteiger partial charge is 0.270 e. The number of pyridine rings is 1. The number of non-ortho nitro benzene ring substituents is 1. The Morgan fingerprint density at radius 2 is 2.20 bits per heavy atom. The van der Waals surface area contributed by atoms with Crippen molar-refractivity contribution in [2.24, 2.45) is 0 Å². The average Bonchev–Trinajstić information content (AvgIpc) is 2.59. The van der Waals surface area contributed by atoms with E-state index in [9.17, 15) is 20.2 Å². The first-order valence-corrected chi connectivity index (χ1v) is 7.16. The summed E-state index contributed by atoms with van der Waals surface area (Å²) in [5.74, 6) is -0.419. The third kappa shape index (κ3) is 4.27. The number of nitrogens with one attached hydrogen (secondary N) is 2. The SMILES string of the molecule is COCc1cc(C)nc(NNC(=O)c2cccc([N+](=O)[O-])c2)c1C#N. The number of ether oxygens (including phenoxy) is 1. The van der Waals surface area contributed by atoms with Gasteiger partial charge in [0, 0.05) is 36.1 Å². The lowest BCUT2D eigenvalue weighted by Crippen LogP contribution is -2.30. The third-order valence-corrected chi connectivity index (χ3v) is 3.25. The van der Waals surface area contributed by atoms with Gasteiger partial charge in [-0.15, -0.1) is 0 Å². The van der Waals surface area contributed by atoms with Gasteiger partial charge in [-0.2, -0.15) is 5.26 Å². The van der Waals surface area contributed by atoms with E-state index in [4.69, 9.17) is 4.74 Å². The molecule has 1 aromatic heterocycles. The number of nitriles is 1. The Bertz CT molecular complexity index is 860. The Kier molecular flexibility index (Phi) is 5.60. The Labute approximate surface area is 143 Å². The number of amides is 1. The number of aromatic nitrogens is 1. The van der Waals surface area contributed by atoms with Crippen LogP contribution in [-0.4, -0.2) is 22.9 Å². The van der Waals surface area contributed by atoms with Crippen molar-refractivity contribution in [2.75, 3.05) is 12.5 Å². The van der Waals surface area contributed by atoms with Gasteiger partial charge in [0.1, 0.15) is 11.6 Å². The fourth-order valence-corrected chi connectivity index (χ4v) is 2.17. The summed E-state index contributed by atoms with van der Waals surface area (Å²) < 4.78 is 5.05. The van der Waals surface area contributed by atoms with Crippen LogP contribution in [0.4, 0.5) is 11.5 Å². The Hall–Kier alpha value is -3.51. The van der Waals surface area contributed by atoms with Gasteiger partial charge in [-0.3, -0.25) is 25.8 Å². The fraction of sp³-hybridized carbons (Fsp3) is 0.188. The molecule has 2 aromatic rings. The van der Waals surface area contributed by atoms with Crippen molar-refractivity contribution < 1.29 is 14.5 Å². The van der Waals surface area contributed by atoms with Gasteiger partial charge in [-0.05, 0) is 19.1 Å². The molecular weight excluding hydrogens is 326 g/mol. The van der Waals surface area contributed by atoms with E-state index in [1.54, 1.807) is 13.0 Å². The number of carbonyl (C=O) groups is 1. The van der Waals surface area contributed by atoms with Crippen molar-refractivity contribution in [3.8, 4) is 6.07 Å². The monoisotopic (exact) mass is 341 g/mol. The second-order valence-electron chi connectivity index (χ2n) is 5.08. The number of benzene rings is 1. The first-order chi connectivity index (χ1) is 12.0.